The van der Waals surface area contributed by atoms with Crippen LogP contribution in [0.4, 0.5) is 14.6 Å². The van der Waals surface area contributed by atoms with Crippen LogP contribution in [-0.4, -0.2) is 28.9 Å². The van der Waals surface area contributed by atoms with Gasteiger partial charge in [-0.05, 0) is 25.5 Å². The van der Waals surface area contributed by atoms with Gasteiger partial charge in [-0.15, -0.1) is 0 Å². The van der Waals surface area contributed by atoms with Gasteiger partial charge in [-0.25, -0.2) is 18.8 Å². The van der Waals surface area contributed by atoms with Crippen LogP contribution >= 0.6 is 0 Å². The highest BCUT2D eigenvalue weighted by atomic mass is 19.3. The number of nitrogens with one attached hydrogen (secondary N) is 1. The van der Waals surface area contributed by atoms with Gasteiger partial charge in [0.2, 0.25) is 0 Å². The zero-order valence-electron chi connectivity index (χ0n) is 13.3. The first-order valence-electron chi connectivity index (χ1n) is 7.09. The first kappa shape index (κ1) is 17.9. The third kappa shape index (κ3) is 5.71. The number of aromatic nitrogens is 1. The molecule has 0 bridgehead atoms. The van der Waals surface area contributed by atoms with Crippen LogP contribution in [0.25, 0.3) is 0 Å². The minimum absolute atomic E-state index is 0.119. The minimum atomic E-state index is -2.81. The van der Waals surface area contributed by atoms with Crippen LogP contribution in [0.2, 0.25) is 0 Å². The molecule has 1 aromatic heterocycles. The third-order valence-corrected chi connectivity index (χ3v) is 2.90. The zero-order valence-corrected chi connectivity index (χ0v) is 13.3. The molecule has 120 valence electrons. The van der Waals surface area contributed by atoms with Gasteiger partial charge in [-0.2, -0.15) is 0 Å². The van der Waals surface area contributed by atoms with E-state index in [0.717, 1.165) is 12.5 Å². The fourth-order valence-corrected chi connectivity index (χ4v) is 1.79. The van der Waals surface area contributed by atoms with Gasteiger partial charge in [0.05, 0.1) is 6.54 Å². The molecule has 0 aliphatic heterocycles. The van der Waals surface area contributed by atoms with E-state index in [1.807, 2.05) is 6.92 Å². The Hall–Kier alpha value is -2.11. The monoisotopic (exact) mass is 309 g/mol. The fourth-order valence-electron chi connectivity index (χ4n) is 1.79. The molecule has 0 amide bonds. The van der Waals surface area contributed by atoms with Crippen molar-refractivity contribution < 1.29 is 13.6 Å². The first-order chi connectivity index (χ1) is 10.3. The van der Waals surface area contributed by atoms with Gasteiger partial charge in [-0.3, -0.25) is 4.79 Å². The van der Waals surface area contributed by atoms with Crippen molar-refractivity contribution in [2.24, 2.45) is 4.99 Å². The maximum absolute atomic E-state index is 12.9. The van der Waals surface area contributed by atoms with Crippen molar-refractivity contribution in [1.29, 1.82) is 0 Å². The number of hydrogen-bond acceptors (Lipinski definition) is 4. The van der Waals surface area contributed by atoms with Crippen LogP contribution in [0.5, 0.6) is 0 Å². The Morgan fingerprint density at radius 3 is 2.68 bits per heavy atom. The summed E-state index contributed by atoms with van der Waals surface area (Å²) in [4.78, 5) is 19.8. The van der Waals surface area contributed by atoms with Crippen molar-refractivity contribution in [1.82, 2.24) is 4.98 Å². The molecule has 1 aromatic rings. The average Bonchev–Trinajstić information content (AvgIpc) is 2.45. The van der Waals surface area contributed by atoms with Crippen molar-refractivity contribution in [3.8, 4) is 0 Å². The maximum atomic E-state index is 12.9. The number of carbonyl (C=O) groups excluding carboxylic acids is 1. The Bertz CT molecular complexity index is 589. The van der Waals surface area contributed by atoms with E-state index in [0.29, 0.717) is 23.6 Å². The molecule has 0 aliphatic rings. The average molecular weight is 309 g/mol. The van der Waals surface area contributed by atoms with Gasteiger partial charge < -0.3 is 5.32 Å². The van der Waals surface area contributed by atoms with Crippen molar-refractivity contribution >= 4 is 17.3 Å². The summed E-state index contributed by atoms with van der Waals surface area (Å²) in [6.45, 7) is 5.47. The summed E-state index contributed by atoms with van der Waals surface area (Å²) in [5, 5.41) is 2.60. The molecule has 0 saturated carbocycles. The number of anilines is 1. The second kappa shape index (κ2) is 7.77. The second-order valence-corrected chi connectivity index (χ2v) is 5.00. The molecular formula is C16H21F2N3O. The number of carbonyl (C=O) groups is 1. The van der Waals surface area contributed by atoms with E-state index in [9.17, 15) is 13.6 Å². The van der Waals surface area contributed by atoms with E-state index in [2.05, 4.69) is 15.3 Å². The number of alkyl halides is 2. The number of hydrogen-bond donors (Lipinski definition) is 1. The van der Waals surface area contributed by atoms with Gasteiger partial charge in [0, 0.05) is 31.3 Å². The molecule has 0 aliphatic carbocycles. The number of Topliss-reactive ketones (excluding diaryl/α,β-unsaturated/α-hetero) is 1. The molecule has 4 nitrogen and oxygen atoms in total. The van der Waals surface area contributed by atoms with Crippen molar-refractivity contribution in [2.45, 2.75) is 40.0 Å². The Morgan fingerprint density at radius 1 is 1.50 bits per heavy atom. The van der Waals surface area contributed by atoms with Crippen LogP contribution < -0.4 is 5.32 Å². The van der Waals surface area contributed by atoms with Gasteiger partial charge in [0.15, 0.2) is 5.78 Å². The summed E-state index contributed by atoms with van der Waals surface area (Å²) in [6.07, 6.45) is 3.79. The summed E-state index contributed by atoms with van der Waals surface area (Å²) >= 11 is 0. The quantitative estimate of drug-likeness (QED) is 0.615. The third-order valence-electron chi connectivity index (χ3n) is 2.90. The molecule has 0 unspecified atom stereocenters. The normalized spacial score (nSPS) is 13.2. The molecule has 1 heterocycles. The first-order valence-corrected chi connectivity index (χ1v) is 7.09. The Balaban J connectivity index is 3.04. The predicted octanol–water partition coefficient (Wildman–Crippen LogP) is 3.84. The summed E-state index contributed by atoms with van der Waals surface area (Å²) < 4.78 is 25.8. The SMILES string of the molecule is C/C=C(\N=C(CC)c1ccnc(NCC(C)(F)F)c1)C(C)=O. The van der Waals surface area contributed by atoms with Gasteiger partial charge in [0.1, 0.15) is 11.5 Å². The van der Waals surface area contributed by atoms with Gasteiger partial charge >= 0.3 is 0 Å². The number of rotatable bonds is 7. The zero-order chi connectivity index (χ0) is 16.8. The van der Waals surface area contributed by atoms with E-state index in [1.165, 1.54) is 13.1 Å². The lowest BCUT2D eigenvalue weighted by Crippen LogP contribution is -2.23. The van der Waals surface area contributed by atoms with Crippen molar-refractivity contribution in [2.75, 3.05) is 11.9 Å². The van der Waals surface area contributed by atoms with E-state index in [4.69, 9.17) is 0 Å². The summed E-state index contributed by atoms with van der Waals surface area (Å²) in [5.74, 6) is -2.58. The fraction of sp³-hybridized carbons (Fsp3) is 0.438. The van der Waals surface area contributed by atoms with Crippen LogP contribution in [0.15, 0.2) is 35.1 Å². The number of ketones is 1. The molecule has 0 saturated heterocycles. The molecule has 0 spiro atoms. The molecule has 1 N–H and O–H groups in total. The van der Waals surface area contributed by atoms with Crippen LogP contribution in [0.3, 0.4) is 0 Å². The van der Waals surface area contributed by atoms with E-state index < -0.39 is 12.5 Å². The maximum Gasteiger partial charge on any atom is 0.262 e. The number of pyridine rings is 1. The second-order valence-electron chi connectivity index (χ2n) is 5.00. The minimum Gasteiger partial charge on any atom is -0.364 e. The number of halogens is 2. The van der Waals surface area contributed by atoms with Crippen molar-refractivity contribution in [3.05, 3.63) is 35.7 Å². The number of aliphatic imine (C=N–C) groups is 1. The molecular weight excluding hydrogens is 288 g/mol. The van der Waals surface area contributed by atoms with Crippen molar-refractivity contribution in [3.63, 3.8) is 0 Å². The standard InChI is InChI=1S/C16H21F2N3O/c1-5-13(11(3)22)21-14(6-2)12-7-8-19-15(9-12)20-10-16(4,17)18/h5,7-9H,6,10H2,1-4H3,(H,19,20)/b13-5-,21-14?. The lowest BCUT2D eigenvalue weighted by molar-refractivity contribution is -0.113. The lowest BCUT2D eigenvalue weighted by Gasteiger charge is -2.13. The van der Waals surface area contributed by atoms with Crippen LogP contribution in [0, 0.1) is 0 Å². The molecule has 6 heteroatoms. The smallest absolute Gasteiger partial charge is 0.262 e. The largest absolute Gasteiger partial charge is 0.364 e. The Kier molecular flexibility index (Phi) is 6.34. The predicted molar refractivity (Wildman–Crippen MR) is 84.6 cm³/mol. The summed E-state index contributed by atoms with van der Waals surface area (Å²) in [7, 11) is 0. The highest BCUT2D eigenvalue weighted by Crippen LogP contribution is 2.15. The highest BCUT2D eigenvalue weighted by molar-refractivity contribution is 6.05. The molecule has 0 fully saturated rings. The van der Waals surface area contributed by atoms with Gasteiger partial charge in [0.25, 0.3) is 5.92 Å². The summed E-state index contributed by atoms with van der Waals surface area (Å²) in [5.41, 5.74) is 1.83. The van der Waals surface area contributed by atoms with E-state index >= 15 is 0 Å². The topological polar surface area (TPSA) is 54.4 Å². The lowest BCUT2D eigenvalue weighted by atomic mass is 10.1. The molecule has 0 aromatic carbocycles. The van der Waals surface area contributed by atoms with Gasteiger partial charge in [-0.1, -0.05) is 13.0 Å². The van der Waals surface area contributed by atoms with E-state index in [1.54, 1.807) is 25.1 Å². The number of allylic oxidation sites excluding steroid dienone is 2. The summed E-state index contributed by atoms with van der Waals surface area (Å²) in [6, 6.07) is 3.40. The Labute approximate surface area is 129 Å². The number of nitrogens with zero attached hydrogens (tertiary/aromatic N) is 2. The van der Waals surface area contributed by atoms with Crippen LogP contribution in [0.1, 0.15) is 39.7 Å². The molecule has 0 radical (unpaired) electrons. The van der Waals surface area contributed by atoms with Crippen LogP contribution in [-0.2, 0) is 4.79 Å². The Morgan fingerprint density at radius 2 is 2.18 bits per heavy atom. The molecule has 0 atom stereocenters. The van der Waals surface area contributed by atoms with E-state index in [-0.39, 0.29) is 5.78 Å². The molecule has 1 rings (SSSR count). The molecule has 22 heavy (non-hydrogen) atoms. The highest BCUT2D eigenvalue weighted by Gasteiger charge is 2.20.